The summed E-state index contributed by atoms with van der Waals surface area (Å²) in [4.78, 5) is 21.9. The molecule has 0 saturated carbocycles. The Morgan fingerprint density at radius 3 is 1.32 bits per heavy atom. The van der Waals surface area contributed by atoms with Gasteiger partial charge < -0.3 is 14.0 Å². The van der Waals surface area contributed by atoms with E-state index >= 15 is 0 Å². The van der Waals surface area contributed by atoms with Crippen LogP contribution in [0.3, 0.4) is 0 Å². The fourth-order valence-electron chi connectivity index (χ4n) is 0.819. The Labute approximate surface area is 165 Å². The standard InChI is InChI=1S/C8H9Cl6O5PS2/c1-3(15)18-5(7(9,10)11)21-20(17)22-6(8(12,13)14)19-4(2)16/h5-6,20H,1-2H3/t5-,6-/m0/s1. The maximum Gasteiger partial charge on any atom is 0.303 e. The fourth-order valence-corrected chi connectivity index (χ4v) is 8.91. The number of alkyl halides is 6. The smallest absolute Gasteiger partial charge is 0.303 e. The summed E-state index contributed by atoms with van der Waals surface area (Å²) in [5.74, 6) is -1.47. The minimum atomic E-state index is -2.72. The molecule has 5 nitrogen and oxygen atoms in total. The molecule has 0 aromatic heterocycles. The van der Waals surface area contributed by atoms with Crippen LogP contribution in [-0.2, 0) is 23.6 Å². The van der Waals surface area contributed by atoms with Crippen LogP contribution in [0, 0.1) is 0 Å². The molecule has 0 amide bonds. The Hall–Kier alpha value is 1.61. The van der Waals surface area contributed by atoms with Crippen LogP contribution < -0.4 is 0 Å². The number of halogens is 6. The molecule has 130 valence electrons. The Balaban J connectivity index is 4.92. The van der Waals surface area contributed by atoms with E-state index in [1.54, 1.807) is 0 Å². The van der Waals surface area contributed by atoms with Crippen LogP contribution in [0.1, 0.15) is 13.8 Å². The average Bonchev–Trinajstić information content (AvgIpc) is 2.23. The maximum atomic E-state index is 12.1. The van der Waals surface area contributed by atoms with Crippen molar-refractivity contribution < 1.29 is 23.6 Å². The molecule has 0 aliphatic heterocycles. The Kier molecular flexibility index (Phi) is 10.7. The highest BCUT2D eigenvalue weighted by molar-refractivity contribution is 8.84. The molecular formula is C8H9Cl6O5PS2. The van der Waals surface area contributed by atoms with Crippen molar-refractivity contribution in [3.63, 3.8) is 0 Å². The molecule has 0 fully saturated rings. The van der Waals surface area contributed by atoms with Crippen LogP contribution in [0.4, 0.5) is 0 Å². The number of ether oxygens (including phenoxy) is 2. The van der Waals surface area contributed by atoms with E-state index in [0.29, 0.717) is 22.8 Å². The van der Waals surface area contributed by atoms with Crippen LogP contribution in [0.5, 0.6) is 0 Å². The van der Waals surface area contributed by atoms with Crippen LogP contribution >= 0.6 is 98.6 Å². The van der Waals surface area contributed by atoms with E-state index in [1.807, 2.05) is 0 Å². The summed E-state index contributed by atoms with van der Waals surface area (Å²) < 4.78 is 17.6. The summed E-state index contributed by atoms with van der Waals surface area (Å²) in [7, 11) is 0. The molecule has 22 heavy (non-hydrogen) atoms. The van der Waals surface area contributed by atoms with Gasteiger partial charge >= 0.3 is 11.9 Å². The van der Waals surface area contributed by atoms with E-state index in [1.165, 1.54) is 0 Å². The lowest BCUT2D eigenvalue weighted by Gasteiger charge is -2.25. The number of carbonyl (C=O) groups excluding carboxylic acids is 2. The summed E-state index contributed by atoms with van der Waals surface area (Å²) in [6.07, 6.45) is -2.72. The van der Waals surface area contributed by atoms with Crippen molar-refractivity contribution in [2.75, 3.05) is 0 Å². The van der Waals surface area contributed by atoms with Gasteiger partial charge in [0.15, 0.2) is 6.20 Å². The second-order valence-electron chi connectivity index (χ2n) is 3.45. The summed E-state index contributed by atoms with van der Waals surface area (Å²) >= 11 is 34.9. The molecule has 0 heterocycles. The van der Waals surface area contributed by atoms with Crippen molar-refractivity contribution in [1.82, 2.24) is 0 Å². The van der Waals surface area contributed by atoms with Gasteiger partial charge in [-0.3, -0.25) is 9.59 Å². The van der Waals surface area contributed by atoms with Crippen LogP contribution in [0.15, 0.2) is 0 Å². The summed E-state index contributed by atoms with van der Waals surface area (Å²) in [5.41, 5.74) is -2.69. The third-order valence-electron chi connectivity index (χ3n) is 1.49. The molecule has 0 aromatic carbocycles. The number of hydrogen-bond acceptors (Lipinski definition) is 7. The predicted octanol–water partition coefficient (Wildman–Crippen LogP) is 5.36. The fraction of sp³-hybridized carbons (Fsp3) is 0.750. The van der Waals surface area contributed by atoms with E-state index in [9.17, 15) is 14.2 Å². The van der Waals surface area contributed by atoms with E-state index in [2.05, 4.69) is 0 Å². The summed E-state index contributed by atoms with van der Waals surface area (Å²) in [6.45, 7) is 2.19. The first-order valence-corrected chi connectivity index (χ1v) is 12.0. The van der Waals surface area contributed by atoms with Crippen LogP contribution in [0.25, 0.3) is 0 Å². The van der Waals surface area contributed by atoms with Gasteiger partial charge in [0.2, 0.25) is 18.5 Å². The van der Waals surface area contributed by atoms with Gasteiger partial charge in [-0.2, -0.15) is 0 Å². The minimum absolute atomic E-state index is 0.555. The highest BCUT2D eigenvalue weighted by Crippen LogP contribution is 2.60. The van der Waals surface area contributed by atoms with Gasteiger partial charge in [0, 0.05) is 13.8 Å². The van der Waals surface area contributed by atoms with Gasteiger partial charge in [0.05, 0.1) is 0 Å². The molecule has 0 aliphatic carbocycles. The number of hydrogen-bond donors (Lipinski definition) is 0. The molecule has 0 aromatic rings. The highest BCUT2D eigenvalue weighted by Gasteiger charge is 2.41. The summed E-state index contributed by atoms with van der Waals surface area (Å²) in [5, 5.41) is 0. The number of esters is 2. The highest BCUT2D eigenvalue weighted by atomic mass is 35.6. The lowest BCUT2D eigenvalue weighted by Crippen LogP contribution is -2.28. The van der Waals surface area contributed by atoms with Gasteiger partial charge in [0.25, 0.3) is 0 Å². The van der Waals surface area contributed by atoms with Crippen LogP contribution in [0.2, 0.25) is 0 Å². The Morgan fingerprint density at radius 2 is 1.14 bits per heavy atom. The molecule has 0 N–H and O–H groups in total. The summed E-state index contributed by atoms with van der Waals surface area (Å²) in [6, 6.07) is 0. The molecular weight excluding hydrogens is 484 g/mol. The van der Waals surface area contributed by atoms with Crippen molar-refractivity contribution in [3.05, 3.63) is 0 Å². The third kappa shape index (κ3) is 10.5. The van der Waals surface area contributed by atoms with Crippen molar-refractivity contribution in [2.45, 2.75) is 32.3 Å². The van der Waals surface area contributed by atoms with E-state index in [0.717, 1.165) is 13.8 Å². The molecule has 0 spiro atoms. The second kappa shape index (κ2) is 9.93. The zero-order valence-electron chi connectivity index (χ0n) is 10.8. The minimum Gasteiger partial charge on any atom is -0.446 e. The van der Waals surface area contributed by atoms with E-state index < -0.39 is 36.6 Å². The first-order chi connectivity index (χ1) is 9.73. The quantitative estimate of drug-likeness (QED) is 0.214. The Bertz CT molecular complexity index is 402. The Morgan fingerprint density at radius 1 is 0.864 bits per heavy atom. The van der Waals surface area contributed by atoms with Crippen molar-refractivity contribution in [3.8, 4) is 0 Å². The van der Waals surface area contributed by atoms with Crippen molar-refractivity contribution in [1.29, 1.82) is 0 Å². The van der Waals surface area contributed by atoms with Crippen molar-refractivity contribution >= 4 is 111 Å². The third-order valence-corrected chi connectivity index (χ3v) is 9.34. The maximum absolute atomic E-state index is 12.1. The molecule has 0 unspecified atom stereocenters. The SMILES string of the molecule is CC(=O)O[C@@H](S[PH](=O)S[C@H](OC(C)=O)C(Cl)(Cl)Cl)C(Cl)(Cl)Cl. The predicted molar refractivity (Wildman–Crippen MR) is 95.9 cm³/mol. The molecule has 0 radical (unpaired) electrons. The van der Waals surface area contributed by atoms with Gasteiger partial charge in [-0.1, -0.05) is 69.6 Å². The molecule has 14 heteroatoms. The van der Waals surface area contributed by atoms with E-state index in [4.69, 9.17) is 79.1 Å². The second-order valence-corrected chi connectivity index (χ2v) is 14.4. The molecule has 2 atom stereocenters. The molecule has 0 bridgehead atoms. The normalized spacial score (nSPS) is 15.3. The zero-order valence-corrected chi connectivity index (χ0v) is 17.9. The number of rotatable bonds is 6. The monoisotopic (exact) mass is 490 g/mol. The molecule has 0 saturated heterocycles. The lowest BCUT2D eigenvalue weighted by atomic mass is 10.7. The van der Waals surface area contributed by atoms with Gasteiger partial charge in [-0.15, -0.1) is 0 Å². The number of carbonyl (C=O) groups is 2. The first kappa shape index (κ1) is 23.6. The largest absolute Gasteiger partial charge is 0.446 e. The topological polar surface area (TPSA) is 69.7 Å². The average molecular weight is 493 g/mol. The van der Waals surface area contributed by atoms with E-state index in [-0.39, 0.29) is 0 Å². The molecule has 0 rings (SSSR count). The lowest BCUT2D eigenvalue weighted by molar-refractivity contribution is -0.143. The van der Waals surface area contributed by atoms with Crippen LogP contribution in [-0.4, -0.2) is 30.4 Å². The first-order valence-electron chi connectivity index (χ1n) is 5.08. The zero-order chi connectivity index (χ0) is 17.7. The van der Waals surface area contributed by atoms with Crippen molar-refractivity contribution in [2.24, 2.45) is 0 Å². The van der Waals surface area contributed by atoms with Gasteiger partial charge in [-0.05, 0) is 22.8 Å². The molecule has 0 aliphatic rings. The van der Waals surface area contributed by atoms with Gasteiger partial charge in [0.1, 0.15) is 0 Å². The van der Waals surface area contributed by atoms with Gasteiger partial charge in [-0.25, -0.2) is 0 Å².